The molecule has 6 amide bonds. The second-order valence-corrected chi connectivity index (χ2v) is 17.0. The fraction of sp³-hybridized carbons (Fsp3) is 0.311. The quantitative estimate of drug-likeness (QED) is 0.0833. The summed E-state index contributed by atoms with van der Waals surface area (Å²) in [5.74, 6) is -0.763. The third-order valence-electron chi connectivity index (χ3n) is 11.4. The van der Waals surface area contributed by atoms with E-state index in [1.54, 1.807) is 44.2 Å². The van der Waals surface area contributed by atoms with Crippen molar-refractivity contribution in [3.63, 3.8) is 0 Å². The van der Waals surface area contributed by atoms with E-state index in [9.17, 15) is 41.9 Å². The van der Waals surface area contributed by atoms with Gasteiger partial charge >= 0.3 is 6.18 Å². The van der Waals surface area contributed by atoms with Crippen molar-refractivity contribution < 1.29 is 41.9 Å². The van der Waals surface area contributed by atoms with E-state index in [1.807, 2.05) is 6.07 Å². The number of alkyl halides is 3. The van der Waals surface area contributed by atoms with Gasteiger partial charge < -0.3 is 31.5 Å². The molecular formula is C45H44F3N11O6S. The number of aromatic nitrogens is 3. The van der Waals surface area contributed by atoms with Gasteiger partial charge in [0, 0.05) is 68.6 Å². The minimum atomic E-state index is -4.60. The fourth-order valence-corrected chi connectivity index (χ4v) is 8.66. The molecule has 5 N–H and O–H groups in total. The van der Waals surface area contributed by atoms with Crippen molar-refractivity contribution in [3.8, 4) is 0 Å². The maximum Gasteiger partial charge on any atom is 0.416 e. The molecule has 3 aliphatic heterocycles. The Hall–Kier alpha value is -7.26. The number of rotatable bonds is 13. The molecule has 2 saturated heterocycles. The Morgan fingerprint density at radius 3 is 2.41 bits per heavy atom. The lowest BCUT2D eigenvalue weighted by molar-refractivity contribution is -0.137. The Morgan fingerprint density at radius 2 is 1.65 bits per heavy atom. The zero-order chi connectivity index (χ0) is 46.7. The smallest absolute Gasteiger partial charge is 0.354 e. The van der Waals surface area contributed by atoms with Crippen LogP contribution < -0.4 is 31.5 Å². The van der Waals surface area contributed by atoms with E-state index in [4.69, 9.17) is 0 Å². The second kappa shape index (κ2) is 19.1. The highest BCUT2D eigenvalue weighted by atomic mass is 32.1. The molecule has 0 saturated carbocycles. The van der Waals surface area contributed by atoms with Crippen LogP contribution in [0.25, 0.3) is 0 Å². The van der Waals surface area contributed by atoms with Crippen LogP contribution >= 0.6 is 11.3 Å². The van der Waals surface area contributed by atoms with Crippen molar-refractivity contribution in [2.24, 2.45) is 0 Å². The number of carbonyl (C=O) groups is 6. The van der Waals surface area contributed by atoms with Crippen LogP contribution in [0.5, 0.6) is 0 Å². The maximum atomic E-state index is 13.4. The van der Waals surface area contributed by atoms with Gasteiger partial charge in [-0.15, -0.1) is 0 Å². The number of piperazine rings is 1. The molecule has 1 atom stereocenters. The van der Waals surface area contributed by atoms with Crippen LogP contribution in [0.4, 0.5) is 47.0 Å². The first-order valence-electron chi connectivity index (χ1n) is 21.1. The number of carbonyl (C=O) groups excluding carboxylic acids is 6. The summed E-state index contributed by atoms with van der Waals surface area (Å²) in [6.07, 6.45) is -1.77. The molecule has 2 fully saturated rings. The predicted molar refractivity (Wildman–Crippen MR) is 240 cm³/mol. The first kappa shape index (κ1) is 45.3. The molecule has 17 nitrogen and oxygen atoms in total. The van der Waals surface area contributed by atoms with E-state index in [0.29, 0.717) is 72.0 Å². The zero-order valence-electron chi connectivity index (χ0n) is 35.8. The van der Waals surface area contributed by atoms with Crippen molar-refractivity contribution in [3.05, 3.63) is 111 Å². The fourth-order valence-electron chi connectivity index (χ4n) is 7.94. The molecule has 8 rings (SSSR count). The van der Waals surface area contributed by atoms with E-state index in [-0.39, 0.29) is 58.5 Å². The lowest BCUT2D eigenvalue weighted by Gasteiger charge is -2.35. The number of hydrogen-bond donors (Lipinski definition) is 5. The summed E-state index contributed by atoms with van der Waals surface area (Å²) < 4.78 is 39.6. The lowest BCUT2D eigenvalue weighted by Crippen LogP contribution is -2.50. The first-order valence-corrected chi connectivity index (χ1v) is 21.9. The lowest BCUT2D eigenvalue weighted by atomic mass is 10.1. The number of halogens is 3. The highest BCUT2D eigenvalue weighted by Crippen LogP contribution is 2.33. The Bertz CT molecular complexity index is 2730. The topological polar surface area (TPSA) is 211 Å². The number of benzene rings is 3. The minimum absolute atomic E-state index is 0.117. The second-order valence-electron chi connectivity index (χ2n) is 16.0. The van der Waals surface area contributed by atoms with E-state index in [2.05, 4.69) is 51.3 Å². The average Bonchev–Trinajstić information content (AvgIpc) is 3.86. The van der Waals surface area contributed by atoms with Crippen LogP contribution in [0.15, 0.2) is 72.9 Å². The number of fused-ring (bicyclic) bond motifs is 1. The number of hydrogen-bond acceptors (Lipinski definition) is 13. The number of aryl methyl sites for hydroxylation is 2. The molecule has 66 heavy (non-hydrogen) atoms. The van der Waals surface area contributed by atoms with Gasteiger partial charge in [0.25, 0.3) is 23.6 Å². The number of imide groups is 1. The van der Waals surface area contributed by atoms with Crippen molar-refractivity contribution in [1.82, 2.24) is 30.1 Å². The molecule has 5 heterocycles. The molecule has 3 aliphatic rings. The van der Waals surface area contributed by atoms with E-state index in [1.165, 1.54) is 23.2 Å². The summed E-state index contributed by atoms with van der Waals surface area (Å²) in [4.78, 5) is 96.7. The Morgan fingerprint density at radius 1 is 0.864 bits per heavy atom. The van der Waals surface area contributed by atoms with Gasteiger partial charge in [-0.25, -0.2) is 15.0 Å². The van der Waals surface area contributed by atoms with Gasteiger partial charge in [-0.3, -0.25) is 38.6 Å². The number of nitrogens with zero attached hydrogens (tertiary/aromatic N) is 6. The maximum absolute atomic E-state index is 13.4. The molecule has 0 aliphatic carbocycles. The summed E-state index contributed by atoms with van der Waals surface area (Å²) in [5, 5.41) is 14.5. The van der Waals surface area contributed by atoms with Gasteiger partial charge in [0.05, 0.1) is 34.6 Å². The molecular weight excluding hydrogens is 880 g/mol. The van der Waals surface area contributed by atoms with Crippen LogP contribution in [0.3, 0.4) is 0 Å². The number of amides is 6. The van der Waals surface area contributed by atoms with Crippen molar-refractivity contribution in [2.75, 3.05) is 65.4 Å². The Balaban J connectivity index is 0.802. The van der Waals surface area contributed by atoms with Crippen LogP contribution in [0, 0.1) is 13.8 Å². The minimum Gasteiger partial charge on any atom is -0.354 e. The molecule has 342 valence electrons. The van der Waals surface area contributed by atoms with E-state index < -0.39 is 41.4 Å². The standard InChI is InChI=1S/C45H44F3N11O6S/c1-25-11-12-29(53-40(62)27-6-3-7-28(20-27)45(46,47)48)21-33(25)55-41(63)34-24-50-44(66-34)56-35-22-36(52-26(2)51-35)58-18-16-57(17-19-58)15-5-10-38(61)54-32-9-4-8-31-39(32)43(65)59(42(31)64)30-13-14-37(60)49-23-30/h3-4,6-9,11-12,20-22,24,30H,5,10,13-19,23H2,1-2H3,(H,49,60)(H,53,62)(H,54,61)(H,55,63)(H,50,51,52,56). The van der Waals surface area contributed by atoms with Crippen LogP contribution in [-0.4, -0.2) is 106 Å². The molecule has 1 unspecified atom stereocenters. The van der Waals surface area contributed by atoms with Crippen LogP contribution in [0.1, 0.15) is 83.4 Å². The summed E-state index contributed by atoms with van der Waals surface area (Å²) in [6.45, 7) is 7.21. The summed E-state index contributed by atoms with van der Waals surface area (Å²) >= 11 is 1.10. The molecule has 5 aromatic rings. The highest BCUT2D eigenvalue weighted by Gasteiger charge is 2.42. The predicted octanol–water partition coefficient (Wildman–Crippen LogP) is 6.23. The van der Waals surface area contributed by atoms with Crippen molar-refractivity contribution >= 4 is 80.6 Å². The molecule has 2 aromatic heterocycles. The first-order chi connectivity index (χ1) is 31.6. The zero-order valence-corrected chi connectivity index (χ0v) is 36.6. The number of thiazole rings is 1. The third-order valence-corrected chi connectivity index (χ3v) is 12.3. The third kappa shape index (κ3) is 10.3. The van der Waals surface area contributed by atoms with Gasteiger partial charge in [0.15, 0.2) is 5.13 Å². The van der Waals surface area contributed by atoms with Gasteiger partial charge in [0.2, 0.25) is 11.8 Å². The van der Waals surface area contributed by atoms with E-state index >= 15 is 0 Å². The largest absolute Gasteiger partial charge is 0.416 e. The monoisotopic (exact) mass is 923 g/mol. The average molecular weight is 924 g/mol. The van der Waals surface area contributed by atoms with E-state index in [0.717, 1.165) is 42.6 Å². The van der Waals surface area contributed by atoms with Gasteiger partial charge in [-0.05, 0) is 81.3 Å². The van der Waals surface area contributed by atoms with Crippen LogP contribution in [0.2, 0.25) is 0 Å². The Labute approximate surface area is 380 Å². The molecule has 0 spiro atoms. The normalized spacial score (nSPS) is 16.4. The Kier molecular flexibility index (Phi) is 13.1. The molecule has 21 heteroatoms. The molecule has 0 bridgehead atoms. The highest BCUT2D eigenvalue weighted by molar-refractivity contribution is 7.17. The van der Waals surface area contributed by atoms with Crippen molar-refractivity contribution in [2.45, 2.75) is 51.7 Å². The number of nitrogens with one attached hydrogen (secondary N) is 5. The number of anilines is 6. The summed E-state index contributed by atoms with van der Waals surface area (Å²) in [7, 11) is 0. The van der Waals surface area contributed by atoms with Crippen molar-refractivity contribution in [1.29, 1.82) is 0 Å². The van der Waals surface area contributed by atoms with Gasteiger partial charge in [-0.2, -0.15) is 13.2 Å². The van der Waals surface area contributed by atoms with Gasteiger partial charge in [-0.1, -0.05) is 29.5 Å². The number of piperidine rings is 1. The SMILES string of the molecule is Cc1nc(Nc2ncc(C(=O)Nc3cc(NC(=O)c4cccc(C(F)(F)F)c4)ccc3C)s2)cc(N2CCN(CCCC(=O)Nc3cccc4c3C(=O)N(C3CCC(=O)NC3)C4=O)CC2)n1. The van der Waals surface area contributed by atoms with Gasteiger partial charge in [0.1, 0.15) is 22.3 Å². The molecule has 0 radical (unpaired) electrons. The summed E-state index contributed by atoms with van der Waals surface area (Å²) in [6, 6.07) is 15.1. The summed E-state index contributed by atoms with van der Waals surface area (Å²) in [5.41, 5.74) is 0.940. The molecule has 3 aromatic carbocycles. The van der Waals surface area contributed by atoms with Crippen LogP contribution in [-0.2, 0) is 15.8 Å².